The number of carboxylic acids is 1. The van der Waals surface area contributed by atoms with Gasteiger partial charge in [0.25, 0.3) is 11.6 Å². The molecule has 0 aromatic carbocycles. The van der Waals surface area contributed by atoms with Crippen LogP contribution in [0.1, 0.15) is 0 Å². The van der Waals surface area contributed by atoms with Crippen LogP contribution in [-0.4, -0.2) is 84.3 Å². The maximum absolute atomic E-state index is 12.9. The van der Waals surface area contributed by atoms with E-state index in [1.165, 1.54) is 47.3 Å². The van der Waals surface area contributed by atoms with Crippen molar-refractivity contribution in [1.29, 1.82) is 0 Å². The van der Waals surface area contributed by atoms with Crippen LogP contribution in [0.5, 0.6) is 0 Å². The summed E-state index contributed by atoms with van der Waals surface area (Å²) in [4.78, 5) is 38.0. The number of carbonyl (C=O) groups is 3. The molecule has 3 heterocycles. The van der Waals surface area contributed by atoms with Gasteiger partial charge in [0, 0.05) is 25.7 Å². The minimum Gasteiger partial charge on any atom is -0.477 e. The number of amides is 2. The minimum atomic E-state index is -1.54. The number of fused-ring (bicyclic) bond motifs is 1. The normalized spacial score (nSPS) is 24.0. The summed E-state index contributed by atoms with van der Waals surface area (Å²) in [7, 11) is 3.13. The van der Waals surface area contributed by atoms with E-state index in [0.717, 1.165) is 0 Å². The molecule has 1 aromatic heterocycles. The molecule has 0 radical (unpaired) electrons. The fourth-order valence-corrected chi connectivity index (χ4v) is 5.78. The van der Waals surface area contributed by atoms with E-state index in [4.69, 9.17) is 4.74 Å². The van der Waals surface area contributed by atoms with E-state index in [0.29, 0.717) is 22.2 Å². The first-order valence-corrected chi connectivity index (χ1v) is 11.5. The Morgan fingerprint density at radius 2 is 2.29 bits per heavy atom. The number of nitrogens with one attached hydrogen (secondary N) is 1. The van der Waals surface area contributed by atoms with Crippen molar-refractivity contribution in [2.24, 2.45) is 7.05 Å². The Balaban J connectivity index is 1.83. The number of hydrogen-bond donors (Lipinski definition) is 2. The van der Waals surface area contributed by atoms with Gasteiger partial charge >= 0.3 is 5.97 Å². The number of β-lactam (4-membered cyclic amide) rings is 1. The SMILES string of the molecule is CO[C@@]1(NC(=O)CSC)C(=O)N2C(C(=O)O)=C(CSc3nncn3C)CS[C@H]21. The van der Waals surface area contributed by atoms with Crippen LogP contribution in [0.3, 0.4) is 0 Å². The van der Waals surface area contributed by atoms with Crippen LogP contribution in [-0.2, 0) is 26.2 Å². The van der Waals surface area contributed by atoms with Crippen LogP contribution in [0.2, 0.25) is 0 Å². The summed E-state index contributed by atoms with van der Waals surface area (Å²) < 4.78 is 7.11. The second-order valence-electron chi connectivity index (χ2n) is 6.03. The van der Waals surface area contributed by atoms with Crippen molar-refractivity contribution >= 4 is 53.1 Å². The Hall–Kier alpha value is -1.70. The number of hydrogen-bond acceptors (Lipinski definition) is 9. The molecular weight excluding hydrogens is 426 g/mol. The predicted molar refractivity (Wildman–Crippen MR) is 106 cm³/mol. The third-order valence-corrected chi connectivity index (χ3v) is 7.33. The largest absolute Gasteiger partial charge is 0.477 e. The van der Waals surface area contributed by atoms with Crippen LogP contribution in [0.25, 0.3) is 0 Å². The lowest BCUT2D eigenvalue weighted by atomic mass is 9.98. The van der Waals surface area contributed by atoms with E-state index in [-0.39, 0.29) is 17.4 Å². The van der Waals surface area contributed by atoms with Gasteiger partial charge in [-0.3, -0.25) is 14.5 Å². The van der Waals surface area contributed by atoms with E-state index >= 15 is 0 Å². The Morgan fingerprint density at radius 1 is 1.54 bits per heavy atom. The van der Waals surface area contributed by atoms with Gasteiger partial charge in [-0.1, -0.05) is 11.8 Å². The Labute approximate surface area is 173 Å². The average Bonchev–Trinajstić information content (AvgIpc) is 3.08. The Bertz CT molecular complexity index is 844. The van der Waals surface area contributed by atoms with E-state index in [9.17, 15) is 19.5 Å². The molecule has 0 saturated carbocycles. The maximum Gasteiger partial charge on any atom is 0.352 e. The number of aliphatic carboxylic acids is 1. The quantitative estimate of drug-likeness (QED) is 0.320. The number of nitrogens with zero attached hydrogens (tertiary/aromatic N) is 4. The molecular formula is C15H19N5O5S3. The first-order valence-electron chi connectivity index (χ1n) is 8.08. The van der Waals surface area contributed by atoms with Crippen LogP contribution in [0, 0.1) is 0 Å². The molecule has 13 heteroatoms. The summed E-state index contributed by atoms with van der Waals surface area (Å²) in [5, 5.41) is 20.1. The zero-order valence-electron chi connectivity index (χ0n) is 15.4. The Kier molecular flexibility index (Phi) is 6.27. The van der Waals surface area contributed by atoms with Gasteiger partial charge in [0.2, 0.25) is 5.91 Å². The number of aromatic nitrogens is 3. The highest BCUT2D eigenvalue weighted by Gasteiger charge is 2.66. The number of carbonyl (C=O) groups excluding carboxylic acids is 2. The number of carboxylic acid groups (broad SMARTS) is 1. The van der Waals surface area contributed by atoms with Crippen molar-refractivity contribution < 1.29 is 24.2 Å². The minimum absolute atomic E-state index is 0.0600. The van der Waals surface area contributed by atoms with Gasteiger partial charge in [-0.05, 0) is 11.8 Å². The number of thioether (sulfide) groups is 3. The molecule has 0 aliphatic carbocycles. The van der Waals surface area contributed by atoms with E-state index in [1.807, 2.05) is 0 Å². The second kappa shape index (κ2) is 8.35. The van der Waals surface area contributed by atoms with Crippen molar-refractivity contribution in [3.8, 4) is 0 Å². The standard InChI is InChI=1S/C15H19N5O5S3/c1-19-7-16-18-14(19)28-5-8-4-27-13-15(25-2,17-9(21)6-26-3)12(24)20(13)10(8)11(22)23/h7,13H,4-6H2,1-3H3,(H,17,21)(H,22,23)/t13-,15-/m0/s1. The number of methoxy groups -OCH3 is 1. The summed E-state index contributed by atoms with van der Waals surface area (Å²) >= 11 is 4.03. The van der Waals surface area contributed by atoms with Gasteiger partial charge in [-0.25, -0.2) is 4.79 Å². The molecule has 0 bridgehead atoms. The number of rotatable bonds is 8. The molecule has 152 valence electrons. The molecule has 10 nitrogen and oxygen atoms in total. The van der Waals surface area contributed by atoms with Gasteiger partial charge in [-0.2, -0.15) is 11.8 Å². The molecule has 2 amide bonds. The Morgan fingerprint density at radius 3 is 2.86 bits per heavy atom. The monoisotopic (exact) mass is 445 g/mol. The first kappa shape index (κ1) is 21.0. The van der Waals surface area contributed by atoms with Gasteiger partial charge < -0.3 is 19.7 Å². The van der Waals surface area contributed by atoms with Gasteiger partial charge in [0.1, 0.15) is 17.4 Å². The molecule has 1 saturated heterocycles. The van der Waals surface area contributed by atoms with E-state index in [1.54, 1.807) is 24.2 Å². The molecule has 28 heavy (non-hydrogen) atoms. The highest BCUT2D eigenvalue weighted by molar-refractivity contribution is 8.01. The number of aryl methyl sites for hydroxylation is 1. The lowest BCUT2D eigenvalue weighted by Crippen LogP contribution is -2.80. The zero-order chi connectivity index (χ0) is 20.5. The highest BCUT2D eigenvalue weighted by Crippen LogP contribution is 2.47. The molecule has 0 spiro atoms. The summed E-state index contributed by atoms with van der Waals surface area (Å²) in [6, 6.07) is 0. The second-order valence-corrected chi connectivity index (χ2v) is 8.91. The van der Waals surface area contributed by atoms with Gasteiger partial charge in [-0.15, -0.1) is 22.0 Å². The van der Waals surface area contributed by atoms with Crippen LogP contribution >= 0.6 is 35.3 Å². The van der Waals surface area contributed by atoms with Crippen molar-refractivity contribution in [2.75, 3.05) is 30.6 Å². The molecule has 2 atom stereocenters. The van der Waals surface area contributed by atoms with Crippen molar-refractivity contribution in [3.63, 3.8) is 0 Å². The molecule has 2 aliphatic heterocycles. The van der Waals surface area contributed by atoms with Crippen molar-refractivity contribution in [2.45, 2.75) is 16.3 Å². The summed E-state index contributed by atoms with van der Waals surface area (Å²) in [6.45, 7) is 0. The van der Waals surface area contributed by atoms with Crippen molar-refractivity contribution in [3.05, 3.63) is 17.6 Å². The fourth-order valence-electron chi connectivity index (χ4n) is 2.98. The van der Waals surface area contributed by atoms with Gasteiger partial charge in [0.15, 0.2) is 5.16 Å². The van der Waals surface area contributed by atoms with Crippen LogP contribution in [0.15, 0.2) is 22.8 Å². The average molecular weight is 446 g/mol. The van der Waals surface area contributed by atoms with E-state index in [2.05, 4.69) is 15.5 Å². The van der Waals surface area contributed by atoms with Crippen LogP contribution in [0.4, 0.5) is 0 Å². The first-order chi connectivity index (χ1) is 13.4. The third kappa shape index (κ3) is 3.51. The topological polar surface area (TPSA) is 127 Å². The molecule has 2 N–H and O–H groups in total. The fraction of sp³-hybridized carbons (Fsp3) is 0.533. The lowest BCUT2D eigenvalue weighted by Gasteiger charge is -2.55. The maximum atomic E-state index is 12.9. The number of ether oxygens (including phenoxy) is 1. The van der Waals surface area contributed by atoms with Crippen LogP contribution < -0.4 is 5.32 Å². The predicted octanol–water partition coefficient (Wildman–Crippen LogP) is -0.0171. The lowest BCUT2D eigenvalue weighted by molar-refractivity contribution is -0.192. The smallest absolute Gasteiger partial charge is 0.352 e. The summed E-state index contributed by atoms with van der Waals surface area (Å²) in [6.07, 6.45) is 3.33. The molecule has 1 fully saturated rings. The molecule has 2 aliphatic rings. The molecule has 0 unspecified atom stereocenters. The zero-order valence-corrected chi connectivity index (χ0v) is 17.8. The summed E-state index contributed by atoms with van der Waals surface area (Å²) in [5.74, 6) is -1.18. The van der Waals surface area contributed by atoms with E-state index < -0.39 is 23.0 Å². The highest BCUT2D eigenvalue weighted by atomic mass is 32.2. The van der Waals surface area contributed by atoms with Crippen molar-refractivity contribution in [1.82, 2.24) is 25.0 Å². The summed E-state index contributed by atoms with van der Waals surface area (Å²) in [5.41, 5.74) is -0.995. The molecule has 3 rings (SSSR count). The molecule has 1 aromatic rings. The van der Waals surface area contributed by atoms with Gasteiger partial charge in [0.05, 0.1) is 5.75 Å². The third-order valence-electron chi connectivity index (χ3n) is 4.28.